The van der Waals surface area contributed by atoms with Crippen molar-refractivity contribution >= 4 is 5.78 Å². The molecule has 0 spiro atoms. The van der Waals surface area contributed by atoms with Crippen LogP contribution < -0.4 is 0 Å². The first-order chi connectivity index (χ1) is 7.91. The first-order valence-corrected chi connectivity index (χ1v) is 6.30. The zero-order valence-corrected chi connectivity index (χ0v) is 11.0. The molecule has 0 aromatic heterocycles. The average Bonchev–Trinajstić information content (AvgIpc) is 2.13. The quantitative estimate of drug-likeness (QED) is 0.803. The van der Waals surface area contributed by atoms with Crippen molar-refractivity contribution in [2.75, 3.05) is 0 Å². The van der Waals surface area contributed by atoms with Crippen LogP contribution in [0.25, 0.3) is 0 Å². The molecule has 1 unspecified atom stereocenters. The number of fused-ring (bicyclic) bond motifs is 1. The van der Waals surface area contributed by atoms with Crippen molar-refractivity contribution in [3.05, 3.63) is 28.3 Å². The SMILES string of the molecule is Cc1cc(O)c(C(C)C)c2c1C(=O)CC(C)C2. The van der Waals surface area contributed by atoms with E-state index in [0.717, 1.165) is 28.7 Å². The molecule has 1 aromatic carbocycles. The van der Waals surface area contributed by atoms with Gasteiger partial charge in [-0.1, -0.05) is 20.8 Å². The van der Waals surface area contributed by atoms with Crippen molar-refractivity contribution in [1.29, 1.82) is 0 Å². The van der Waals surface area contributed by atoms with Crippen molar-refractivity contribution in [3.8, 4) is 5.75 Å². The molecule has 17 heavy (non-hydrogen) atoms. The second kappa shape index (κ2) is 4.17. The Hall–Kier alpha value is -1.31. The highest BCUT2D eigenvalue weighted by Gasteiger charge is 2.28. The molecule has 0 aliphatic heterocycles. The standard InChI is InChI=1S/C15H20O2/c1-8(2)14-11-5-9(3)6-12(16)15(11)10(4)7-13(14)17/h7-9,17H,5-6H2,1-4H3. The second-order valence-corrected chi connectivity index (χ2v) is 5.57. The zero-order valence-electron chi connectivity index (χ0n) is 11.0. The number of phenols is 1. The fraction of sp³-hybridized carbons (Fsp3) is 0.533. The van der Waals surface area contributed by atoms with E-state index in [1.165, 1.54) is 0 Å². The summed E-state index contributed by atoms with van der Waals surface area (Å²) in [6.45, 7) is 8.14. The van der Waals surface area contributed by atoms with Crippen LogP contribution in [0.15, 0.2) is 6.07 Å². The van der Waals surface area contributed by atoms with Gasteiger partial charge in [0.25, 0.3) is 0 Å². The molecule has 2 heteroatoms. The maximum Gasteiger partial charge on any atom is 0.163 e. The fourth-order valence-corrected chi connectivity index (χ4v) is 2.97. The van der Waals surface area contributed by atoms with E-state index in [0.29, 0.717) is 18.1 Å². The van der Waals surface area contributed by atoms with Crippen LogP contribution in [0.5, 0.6) is 5.75 Å². The van der Waals surface area contributed by atoms with Crippen molar-refractivity contribution in [2.24, 2.45) is 5.92 Å². The molecule has 0 bridgehead atoms. The number of rotatable bonds is 1. The molecule has 1 aromatic rings. The predicted octanol–water partition coefficient (Wildman–Crippen LogP) is 3.59. The molecule has 2 rings (SSSR count). The van der Waals surface area contributed by atoms with Crippen LogP contribution in [0, 0.1) is 12.8 Å². The third-order valence-electron chi connectivity index (χ3n) is 3.59. The molecule has 0 radical (unpaired) electrons. The molecule has 1 atom stereocenters. The first-order valence-electron chi connectivity index (χ1n) is 6.30. The Bertz CT molecular complexity index is 472. The van der Waals surface area contributed by atoms with Crippen molar-refractivity contribution in [3.63, 3.8) is 0 Å². The maximum absolute atomic E-state index is 12.1. The van der Waals surface area contributed by atoms with Gasteiger partial charge in [-0.25, -0.2) is 0 Å². The highest BCUT2D eigenvalue weighted by molar-refractivity contribution is 6.00. The largest absolute Gasteiger partial charge is 0.508 e. The van der Waals surface area contributed by atoms with Crippen LogP contribution in [0.3, 0.4) is 0 Å². The molecule has 1 N–H and O–H groups in total. The molecular formula is C15H20O2. The predicted molar refractivity (Wildman–Crippen MR) is 68.7 cm³/mol. The molecule has 1 aliphatic carbocycles. The number of benzene rings is 1. The number of aryl methyl sites for hydroxylation is 1. The molecule has 0 saturated heterocycles. The number of hydrogen-bond donors (Lipinski definition) is 1. The highest BCUT2D eigenvalue weighted by atomic mass is 16.3. The Morgan fingerprint density at radius 3 is 2.59 bits per heavy atom. The Kier molecular flexibility index (Phi) is 2.98. The van der Waals surface area contributed by atoms with Crippen LogP contribution in [0.2, 0.25) is 0 Å². The molecule has 0 heterocycles. The van der Waals surface area contributed by atoms with Gasteiger partial charge in [0.1, 0.15) is 5.75 Å². The summed E-state index contributed by atoms with van der Waals surface area (Å²) in [6, 6.07) is 1.74. The first kappa shape index (κ1) is 12.2. The molecular weight excluding hydrogens is 212 g/mol. The number of ketones is 1. The van der Waals surface area contributed by atoms with Crippen LogP contribution in [0.4, 0.5) is 0 Å². The van der Waals surface area contributed by atoms with Gasteiger partial charge in [-0.05, 0) is 42.4 Å². The summed E-state index contributed by atoms with van der Waals surface area (Å²) in [5.74, 6) is 1.22. The number of hydrogen-bond acceptors (Lipinski definition) is 2. The van der Waals surface area contributed by atoms with Gasteiger partial charge >= 0.3 is 0 Å². The molecule has 1 aliphatic rings. The number of phenolic OH excluding ortho intramolecular Hbond substituents is 1. The van der Waals surface area contributed by atoms with E-state index in [4.69, 9.17) is 0 Å². The second-order valence-electron chi connectivity index (χ2n) is 5.57. The molecule has 0 amide bonds. The summed E-state index contributed by atoms with van der Waals surface area (Å²) < 4.78 is 0. The van der Waals surface area contributed by atoms with E-state index in [-0.39, 0.29) is 11.7 Å². The molecule has 0 fully saturated rings. The lowest BCUT2D eigenvalue weighted by atomic mass is 9.77. The molecule has 92 valence electrons. The number of carbonyl (C=O) groups is 1. The van der Waals surface area contributed by atoms with Gasteiger partial charge in [-0.15, -0.1) is 0 Å². The minimum atomic E-state index is 0.234. The summed E-state index contributed by atoms with van der Waals surface area (Å²) in [5, 5.41) is 10.1. The lowest BCUT2D eigenvalue weighted by Crippen LogP contribution is -2.21. The monoisotopic (exact) mass is 232 g/mol. The van der Waals surface area contributed by atoms with Crippen molar-refractivity contribution < 1.29 is 9.90 Å². The normalized spacial score (nSPS) is 19.6. The van der Waals surface area contributed by atoms with E-state index in [9.17, 15) is 9.90 Å². The van der Waals surface area contributed by atoms with Gasteiger partial charge < -0.3 is 5.11 Å². The van der Waals surface area contributed by atoms with Crippen molar-refractivity contribution in [2.45, 2.75) is 46.5 Å². The van der Waals surface area contributed by atoms with Gasteiger partial charge in [0, 0.05) is 17.5 Å². The highest BCUT2D eigenvalue weighted by Crippen LogP contribution is 2.38. The summed E-state index contributed by atoms with van der Waals surface area (Å²) in [7, 11) is 0. The summed E-state index contributed by atoms with van der Waals surface area (Å²) >= 11 is 0. The van der Waals surface area contributed by atoms with Gasteiger partial charge in [-0.2, -0.15) is 0 Å². The van der Waals surface area contributed by atoms with Gasteiger partial charge in [0.15, 0.2) is 5.78 Å². The minimum Gasteiger partial charge on any atom is -0.508 e. The third kappa shape index (κ3) is 1.97. The third-order valence-corrected chi connectivity index (χ3v) is 3.59. The van der Waals surface area contributed by atoms with Crippen LogP contribution in [-0.4, -0.2) is 10.9 Å². The summed E-state index contributed by atoms with van der Waals surface area (Å²) in [6.07, 6.45) is 1.54. The lowest BCUT2D eigenvalue weighted by Gasteiger charge is -2.27. The Labute approximate surface area is 103 Å². The number of Topliss-reactive ketones (excluding diaryl/α,β-unsaturated/α-hetero) is 1. The van der Waals surface area contributed by atoms with Crippen LogP contribution in [-0.2, 0) is 6.42 Å². The summed E-state index contributed by atoms with van der Waals surface area (Å²) in [4.78, 5) is 12.1. The van der Waals surface area contributed by atoms with E-state index in [1.54, 1.807) is 6.07 Å². The lowest BCUT2D eigenvalue weighted by molar-refractivity contribution is 0.0952. The van der Waals surface area contributed by atoms with E-state index in [2.05, 4.69) is 20.8 Å². The van der Waals surface area contributed by atoms with E-state index in [1.807, 2.05) is 6.92 Å². The Morgan fingerprint density at radius 1 is 1.35 bits per heavy atom. The van der Waals surface area contributed by atoms with Crippen molar-refractivity contribution in [1.82, 2.24) is 0 Å². The smallest absolute Gasteiger partial charge is 0.163 e. The van der Waals surface area contributed by atoms with Gasteiger partial charge in [0.2, 0.25) is 0 Å². The number of aromatic hydroxyl groups is 1. The maximum atomic E-state index is 12.1. The Balaban J connectivity index is 2.72. The topological polar surface area (TPSA) is 37.3 Å². The van der Waals surface area contributed by atoms with E-state index >= 15 is 0 Å². The minimum absolute atomic E-state index is 0.234. The van der Waals surface area contributed by atoms with Crippen LogP contribution in [0.1, 0.15) is 60.2 Å². The average molecular weight is 232 g/mol. The molecule has 0 saturated carbocycles. The van der Waals surface area contributed by atoms with E-state index < -0.39 is 0 Å². The fourth-order valence-electron chi connectivity index (χ4n) is 2.97. The number of carbonyl (C=O) groups excluding carboxylic acids is 1. The van der Waals surface area contributed by atoms with Crippen LogP contribution >= 0.6 is 0 Å². The molecule has 2 nitrogen and oxygen atoms in total. The van der Waals surface area contributed by atoms with Gasteiger partial charge in [-0.3, -0.25) is 4.79 Å². The Morgan fingerprint density at radius 2 is 2.00 bits per heavy atom. The van der Waals surface area contributed by atoms with Gasteiger partial charge in [0.05, 0.1) is 0 Å². The summed E-state index contributed by atoms with van der Waals surface area (Å²) in [5.41, 5.74) is 3.83. The zero-order chi connectivity index (χ0) is 12.7.